The van der Waals surface area contributed by atoms with Crippen LogP contribution in [0.1, 0.15) is 16.9 Å². The lowest BCUT2D eigenvalue weighted by atomic mass is 10.3. The van der Waals surface area contributed by atoms with E-state index in [4.69, 9.17) is 11.0 Å². The average molecular weight is 269 g/mol. The number of nitrogen functional groups attached to an aromatic ring is 1. The average Bonchev–Trinajstić information content (AvgIpc) is 2.94. The lowest BCUT2D eigenvalue weighted by Gasteiger charge is -2.13. The number of carbonyl (C=O) groups excluding carboxylic acids is 1. The van der Waals surface area contributed by atoms with Crippen LogP contribution in [0.4, 0.5) is 5.69 Å². The highest BCUT2D eigenvalue weighted by Gasteiger charge is 2.14. The summed E-state index contributed by atoms with van der Waals surface area (Å²) in [7, 11) is 1.65. The number of nitrogens with two attached hydrogens (primary N) is 1. The lowest BCUT2D eigenvalue weighted by Crippen LogP contribution is -2.28. The van der Waals surface area contributed by atoms with Gasteiger partial charge in [0.2, 0.25) is 0 Å². The van der Waals surface area contributed by atoms with E-state index in [1.807, 2.05) is 18.2 Å². The molecule has 6 nitrogen and oxygen atoms in total. The fraction of sp³-hybridized carbons (Fsp3) is 0.214. The number of rotatable bonds is 4. The molecule has 0 saturated heterocycles. The molecule has 0 aliphatic rings. The van der Waals surface area contributed by atoms with E-state index in [0.29, 0.717) is 24.3 Å². The normalized spacial score (nSPS) is 10.0. The first-order valence-corrected chi connectivity index (χ1v) is 6.16. The molecule has 2 rings (SSSR count). The molecule has 102 valence electrons. The van der Waals surface area contributed by atoms with Gasteiger partial charge in [-0.05, 0) is 30.3 Å². The number of amides is 1. The van der Waals surface area contributed by atoms with Gasteiger partial charge in [0.25, 0.3) is 5.91 Å². The van der Waals surface area contributed by atoms with Gasteiger partial charge in [0.05, 0.1) is 18.2 Å². The van der Waals surface area contributed by atoms with Crippen LogP contribution in [0.2, 0.25) is 0 Å². The van der Waals surface area contributed by atoms with Crippen molar-refractivity contribution in [3.8, 4) is 11.8 Å². The molecular weight excluding hydrogens is 254 g/mol. The third-order valence-corrected chi connectivity index (χ3v) is 2.87. The van der Waals surface area contributed by atoms with Gasteiger partial charge < -0.3 is 10.6 Å². The summed E-state index contributed by atoms with van der Waals surface area (Å²) in [5.74, 6) is -0.200. The molecule has 0 radical (unpaired) electrons. The standard InChI is InChI=1S/C14H15N5O/c1-18(9-2-8-15)14(20)13-7-10-19(17-13)12-5-3-11(16)4-6-12/h3-7,10H,2,9,16H2,1H3. The third kappa shape index (κ3) is 2.95. The summed E-state index contributed by atoms with van der Waals surface area (Å²) >= 11 is 0. The zero-order valence-electron chi connectivity index (χ0n) is 11.2. The van der Waals surface area contributed by atoms with Gasteiger partial charge in [-0.2, -0.15) is 10.4 Å². The Bertz CT molecular complexity index is 638. The fourth-order valence-corrected chi connectivity index (χ4v) is 1.72. The first-order chi connectivity index (χ1) is 9.61. The molecule has 0 fully saturated rings. The molecule has 0 atom stereocenters. The van der Waals surface area contributed by atoms with Crippen LogP contribution in [0.25, 0.3) is 5.69 Å². The maximum absolute atomic E-state index is 12.1. The topological polar surface area (TPSA) is 87.9 Å². The highest BCUT2D eigenvalue weighted by molar-refractivity contribution is 5.92. The number of nitriles is 1. The van der Waals surface area contributed by atoms with Crippen molar-refractivity contribution in [3.05, 3.63) is 42.2 Å². The van der Waals surface area contributed by atoms with E-state index in [-0.39, 0.29) is 5.91 Å². The van der Waals surface area contributed by atoms with Crippen LogP contribution in [0.3, 0.4) is 0 Å². The van der Waals surface area contributed by atoms with Crippen LogP contribution in [-0.4, -0.2) is 34.2 Å². The molecule has 1 aromatic carbocycles. The summed E-state index contributed by atoms with van der Waals surface area (Å²) in [6, 6.07) is 10.9. The second-order valence-corrected chi connectivity index (χ2v) is 4.37. The second kappa shape index (κ2) is 5.89. The SMILES string of the molecule is CN(CCC#N)C(=O)c1ccn(-c2ccc(N)cc2)n1. The number of hydrogen-bond acceptors (Lipinski definition) is 4. The summed E-state index contributed by atoms with van der Waals surface area (Å²) in [5.41, 5.74) is 7.48. The second-order valence-electron chi connectivity index (χ2n) is 4.37. The Labute approximate surface area is 117 Å². The summed E-state index contributed by atoms with van der Waals surface area (Å²) in [6.07, 6.45) is 2.03. The van der Waals surface area contributed by atoms with Crippen molar-refractivity contribution in [3.63, 3.8) is 0 Å². The number of nitrogens with zero attached hydrogens (tertiary/aromatic N) is 4. The highest BCUT2D eigenvalue weighted by Crippen LogP contribution is 2.11. The van der Waals surface area contributed by atoms with Crippen LogP contribution < -0.4 is 5.73 Å². The minimum absolute atomic E-state index is 0.200. The van der Waals surface area contributed by atoms with Crippen LogP contribution >= 0.6 is 0 Å². The zero-order valence-corrected chi connectivity index (χ0v) is 11.2. The van der Waals surface area contributed by atoms with E-state index in [1.54, 1.807) is 36.1 Å². The molecule has 0 spiro atoms. The van der Waals surface area contributed by atoms with E-state index in [2.05, 4.69) is 5.10 Å². The molecule has 2 aromatic rings. The number of hydrogen-bond donors (Lipinski definition) is 1. The van der Waals surface area contributed by atoms with Crippen molar-refractivity contribution in [2.75, 3.05) is 19.3 Å². The Balaban J connectivity index is 2.14. The monoisotopic (exact) mass is 269 g/mol. The molecule has 2 N–H and O–H groups in total. The van der Waals surface area contributed by atoms with Gasteiger partial charge >= 0.3 is 0 Å². The van der Waals surface area contributed by atoms with Crippen molar-refractivity contribution >= 4 is 11.6 Å². The molecular formula is C14H15N5O. The van der Waals surface area contributed by atoms with Gasteiger partial charge in [-0.25, -0.2) is 4.68 Å². The van der Waals surface area contributed by atoms with Crippen LogP contribution in [0.5, 0.6) is 0 Å². The quantitative estimate of drug-likeness (QED) is 0.851. The molecule has 0 aliphatic heterocycles. The van der Waals surface area contributed by atoms with Crippen LogP contribution in [0, 0.1) is 11.3 Å². The van der Waals surface area contributed by atoms with E-state index < -0.39 is 0 Å². The van der Waals surface area contributed by atoms with Crippen molar-refractivity contribution in [2.45, 2.75) is 6.42 Å². The summed E-state index contributed by atoms with van der Waals surface area (Å²) in [4.78, 5) is 13.6. The predicted molar refractivity (Wildman–Crippen MR) is 75.2 cm³/mol. The summed E-state index contributed by atoms with van der Waals surface area (Å²) < 4.78 is 1.62. The van der Waals surface area contributed by atoms with Gasteiger partial charge in [-0.15, -0.1) is 0 Å². The highest BCUT2D eigenvalue weighted by atomic mass is 16.2. The number of anilines is 1. The van der Waals surface area contributed by atoms with E-state index >= 15 is 0 Å². The first kappa shape index (κ1) is 13.6. The van der Waals surface area contributed by atoms with Crippen LogP contribution in [-0.2, 0) is 0 Å². The molecule has 0 aliphatic carbocycles. The Hall–Kier alpha value is -2.81. The molecule has 1 amide bonds. The number of aromatic nitrogens is 2. The predicted octanol–water partition coefficient (Wildman–Crippen LogP) is 1.44. The minimum atomic E-state index is -0.200. The van der Waals surface area contributed by atoms with E-state index in [0.717, 1.165) is 5.69 Å². The van der Waals surface area contributed by atoms with E-state index in [1.165, 1.54) is 4.90 Å². The Morgan fingerprint density at radius 1 is 1.40 bits per heavy atom. The van der Waals surface area contributed by atoms with Gasteiger partial charge in [-0.1, -0.05) is 0 Å². The maximum Gasteiger partial charge on any atom is 0.274 e. The molecule has 6 heteroatoms. The Kier molecular flexibility index (Phi) is 4.01. The Morgan fingerprint density at radius 2 is 2.10 bits per heavy atom. The number of benzene rings is 1. The largest absolute Gasteiger partial charge is 0.399 e. The Morgan fingerprint density at radius 3 is 2.75 bits per heavy atom. The molecule has 1 heterocycles. The smallest absolute Gasteiger partial charge is 0.274 e. The third-order valence-electron chi connectivity index (χ3n) is 2.87. The van der Waals surface area contributed by atoms with Crippen LogP contribution in [0.15, 0.2) is 36.5 Å². The van der Waals surface area contributed by atoms with Crippen molar-refractivity contribution < 1.29 is 4.79 Å². The molecule has 1 aromatic heterocycles. The molecule has 0 unspecified atom stereocenters. The molecule has 0 bridgehead atoms. The van der Waals surface area contributed by atoms with Gasteiger partial charge in [-0.3, -0.25) is 4.79 Å². The molecule has 20 heavy (non-hydrogen) atoms. The minimum Gasteiger partial charge on any atom is -0.399 e. The van der Waals surface area contributed by atoms with Crippen molar-refractivity contribution in [2.24, 2.45) is 0 Å². The molecule has 0 saturated carbocycles. The lowest BCUT2D eigenvalue weighted by molar-refractivity contribution is 0.0792. The van der Waals surface area contributed by atoms with Crippen molar-refractivity contribution in [1.29, 1.82) is 5.26 Å². The van der Waals surface area contributed by atoms with Gasteiger partial charge in [0.15, 0.2) is 5.69 Å². The maximum atomic E-state index is 12.1. The number of carbonyl (C=O) groups is 1. The summed E-state index contributed by atoms with van der Waals surface area (Å²) in [6.45, 7) is 0.393. The zero-order chi connectivity index (χ0) is 14.5. The summed E-state index contributed by atoms with van der Waals surface area (Å²) in [5, 5.41) is 12.8. The van der Waals surface area contributed by atoms with Crippen molar-refractivity contribution in [1.82, 2.24) is 14.7 Å². The van der Waals surface area contributed by atoms with Gasteiger partial charge in [0.1, 0.15) is 0 Å². The fourth-order valence-electron chi connectivity index (χ4n) is 1.72. The van der Waals surface area contributed by atoms with E-state index in [9.17, 15) is 4.79 Å². The first-order valence-electron chi connectivity index (χ1n) is 6.16. The van der Waals surface area contributed by atoms with Gasteiger partial charge in [0, 0.05) is 25.5 Å².